The maximum Gasteiger partial charge on any atom is 0.311 e. The van der Waals surface area contributed by atoms with E-state index >= 15 is 0 Å². The highest BCUT2D eigenvalue weighted by molar-refractivity contribution is 6.18. The molecule has 0 aliphatic rings. The molecule has 0 atom stereocenters. The third-order valence-corrected chi connectivity index (χ3v) is 4.95. The second-order valence-electron chi connectivity index (χ2n) is 6.73. The topological polar surface area (TPSA) is 26.3 Å². The van der Waals surface area contributed by atoms with E-state index in [2.05, 4.69) is 61.5 Å². The number of fused-ring (bicyclic) bond motifs is 5. The van der Waals surface area contributed by atoms with Crippen LogP contribution in [0.5, 0.6) is 5.75 Å². The van der Waals surface area contributed by atoms with E-state index in [1.165, 1.54) is 21.5 Å². The lowest BCUT2D eigenvalue weighted by Crippen LogP contribution is -2.07. The van der Waals surface area contributed by atoms with Crippen LogP contribution in [0.1, 0.15) is 32.6 Å². The van der Waals surface area contributed by atoms with Gasteiger partial charge in [0.1, 0.15) is 5.75 Å². The highest BCUT2D eigenvalue weighted by atomic mass is 16.5. The van der Waals surface area contributed by atoms with Crippen LogP contribution in [0, 0.1) is 0 Å². The number of benzene rings is 4. The first kappa shape index (κ1) is 16.6. The Bertz CT molecular complexity index is 1100. The second kappa shape index (κ2) is 7.17. The summed E-state index contributed by atoms with van der Waals surface area (Å²) in [6, 6.07) is 22.9. The lowest BCUT2D eigenvalue weighted by Gasteiger charge is -2.11. The zero-order chi connectivity index (χ0) is 17.9. The molecule has 0 aliphatic heterocycles. The van der Waals surface area contributed by atoms with Crippen LogP contribution in [-0.4, -0.2) is 5.97 Å². The third kappa shape index (κ3) is 3.03. The molecular weight excluding hydrogens is 320 g/mol. The Kier molecular flexibility index (Phi) is 4.57. The van der Waals surface area contributed by atoms with E-state index in [4.69, 9.17) is 4.74 Å². The van der Waals surface area contributed by atoms with E-state index in [-0.39, 0.29) is 5.97 Å². The fourth-order valence-corrected chi connectivity index (χ4v) is 3.61. The molecular formula is C24H22O2. The Hall–Kier alpha value is -2.87. The van der Waals surface area contributed by atoms with Crippen LogP contribution in [0.15, 0.2) is 66.7 Å². The van der Waals surface area contributed by atoms with Crippen LogP contribution < -0.4 is 4.74 Å². The van der Waals surface area contributed by atoms with Crippen molar-refractivity contribution in [2.75, 3.05) is 0 Å². The van der Waals surface area contributed by atoms with Crippen LogP contribution in [0.2, 0.25) is 0 Å². The molecule has 0 fully saturated rings. The number of hydrogen-bond acceptors (Lipinski definition) is 2. The minimum atomic E-state index is -0.149. The Balaban J connectivity index is 1.78. The molecule has 0 radical (unpaired) electrons. The van der Waals surface area contributed by atoms with Gasteiger partial charge in [-0.3, -0.25) is 4.79 Å². The van der Waals surface area contributed by atoms with Gasteiger partial charge in [0.05, 0.1) is 0 Å². The number of carbonyl (C=O) groups excluding carboxylic acids is 1. The summed E-state index contributed by atoms with van der Waals surface area (Å²) in [5, 5.41) is 6.99. The van der Waals surface area contributed by atoms with Crippen molar-refractivity contribution in [3.63, 3.8) is 0 Å². The first-order valence-electron chi connectivity index (χ1n) is 9.32. The smallest absolute Gasteiger partial charge is 0.311 e. The molecule has 0 aliphatic carbocycles. The maximum atomic E-state index is 12.1. The number of carbonyl (C=O) groups is 1. The first-order valence-corrected chi connectivity index (χ1v) is 9.32. The summed E-state index contributed by atoms with van der Waals surface area (Å²) in [4.78, 5) is 12.1. The molecule has 26 heavy (non-hydrogen) atoms. The molecule has 0 unspecified atom stereocenters. The summed E-state index contributed by atoms with van der Waals surface area (Å²) in [5.41, 5.74) is 0. The molecule has 0 saturated carbocycles. The summed E-state index contributed by atoms with van der Waals surface area (Å²) in [6.45, 7) is 2.13. The average molecular weight is 342 g/mol. The van der Waals surface area contributed by atoms with E-state index in [9.17, 15) is 4.79 Å². The van der Waals surface area contributed by atoms with Crippen molar-refractivity contribution in [3.8, 4) is 5.75 Å². The van der Waals surface area contributed by atoms with Crippen molar-refractivity contribution in [3.05, 3.63) is 66.7 Å². The Morgan fingerprint density at radius 1 is 0.731 bits per heavy atom. The van der Waals surface area contributed by atoms with Crippen molar-refractivity contribution in [1.82, 2.24) is 0 Å². The van der Waals surface area contributed by atoms with Crippen LogP contribution >= 0.6 is 0 Å². The van der Waals surface area contributed by atoms with E-state index in [0.717, 1.165) is 30.0 Å². The van der Waals surface area contributed by atoms with E-state index in [1.807, 2.05) is 12.1 Å². The lowest BCUT2D eigenvalue weighted by atomic mass is 9.97. The molecule has 2 heteroatoms. The number of esters is 1. The van der Waals surface area contributed by atoms with Gasteiger partial charge >= 0.3 is 5.97 Å². The molecule has 0 heterocycles. The van der Waals surface area contributed by atoms with Gasteiger partial charge < -0.3 is 4.74 Å². The Morgan fingerprint density at radius 2 is 1.42 bits per heavy atom. The monoisotopic (exact) mass is 342 g/mol. The minimum Gasteiger partial charge on any atom is -0.426 e. The lowest BCUT2D eigenvalue weighted by molar-refractivity contribution is -0.134. The molecule has 2 nitrogen and oxygen atoms in total. The predicted molar refractivity (Wildman–Crippen MR) is 109 cm³/mol. The molecule has 130 valence electrons. The van der Waals surface area contributed by atoms with Crippen LogP contribution in [-0.2, 0) is 4.79 Å². The van der Waals surface area contributed by atoms with Crippen LogP contribution in [0.25, 0.3) is 32.3 Å². The number of ether oxygens (including phenoxy) is 1. The molecule has 4 rings (SSSR count). The second-order valence-corrected chi connectivity index (χ2v) is 6.73. The quantitative estimate of drug-likeness (QED) is 0.176. The highest BCUT2D eigenvalue weighted by Crippen LogP contribution is 2.35. The van der Waals surface area contributed by atoms with Gasteiger partial charge in [0.2, 0.25) is 0 Å². The zero-order valence-electron chi connectivity index (χ0n) is 15.0. The molecule has 0 spiro atoms. The molecule has 0 bridgehead atoms. The summed E-state index contributed by atoms with van der Waals surface area (Å²) in [5.74, 6) is 0.503. The summed E-state index contributed by atoms with van der Waals surface area (Å²) in [7, 11) is 0. The third-order valence-electron chi connectivity index (χ3n) is 4.95. The maximum absolute atomic E-state index is 12.1. The van der Waals surface area contributed by atoms with Crippen LogP contribution in [0.3, 0.4) is 0 Å². The SMILES string of the molecule is CCCCCC(=O)Oc1cccc2c1ccc1c3ccccc3ccc21. The molecule has 4 aromatic rings. The molecule has 0 aromatic heterocycles. The normalized spacial score (nSPS) is 11.3. The van der Waals surface area contributed by atoms with Gasteiger partial charge in [0, 0.05) is 11.8 Å². The van der Waals surface area contributed by atoms with Crippen molar-refractivity contribution in [1.29, 1.82) is 0 Å². The fraction of sp³-hybridized carbons (Fsp3) is 0.208. The van der Waals surface area contributed by atoms with E-state index < -0.39 is 0 Å². The Labute approximate surface area is 153 Å². The molecule has 0 N–H and O–H groups in total. The fourth-order valence-electron chi connectivity index (χ4n) is 3.61. The highest BCUT2D eigenvalue weighted by Gasteiger charge is 2.11. The number of rotatable bonds is 5. The largest absolute Gasteiger partial charge is 0.426 e. The molecule has 0 amide bonds. The number of unbranched alkanes of at least 4 members (excludes halogenated alkanes) is 2. The van der Waals surface area contributed by atoms with Gasteiger partial charge in [-0.25, -0.2) is 0 Å². The van der Waals surface area contributed by atoms with Crippen LogP contribution in [0.4, 0.5) is 0 Å². The van der Waals surface area contributed by atoms with Gasteiger partial charge in [0.25, 0.3) is 0 Å². The Morgan fingerprint density at radius 3 is 2.31 bits per heavy atom. The van der Waals surface area contributed by atoms with E-state index in [1.54, 1.807) is 0 Å². The minimum absolute atomic E-state index is 0.149. The first-order chi connectivity index (χ1) is 12.8. The van der Waals surface area contributed by atoms with Gasteiger partial charge in [-0.15, -0.1) is 0 Å². The van der Waals surface area contributed by atoms with Gasteiger partial charge in [0.15, 0.2) is 0 Å². The summed E-state index contributed by atoms with van der Waals surface area (Å²) < 4.78 is 5.67. The summed E-state index contributed by atoms with van der Waals surface area (Å²) in [6.07, 6.45) is 3.52. The average Bonchev–Trinajstić information content (AvgIpc) is 2.68. The van der Waals surface area contributed by atoms with Gasteiger partial charge in [-0.05, 0) is 45.5 Å². The van der Waals surface area contributed by atoms with Gasteiger partial charge in [-0.2, -0.15) is 0 Å². The molecule has 4 aromatic carbocycles. The summed E-state index contributed by atoms with van der Waals surface area (Å²) >= 11 is 0. The number of hydrogen-bond donors (Lipinski definition) is 0. The van der Waals surface area contributed by atoms with Crippen molar-refractivity contribution < 1.29 is 9.53 Å². The van der Waals surface area contributed by atoms with Crippen molar-refractivity contribution >= 4 is 38.3 Å². The van der Waals surface area contributed by atoms with E-state index in [0.29, 0.717) is 12.2 Å². The van der Waals surface area contributed by atoms with Crippen molar-refractivity contribution in [2.45, 2.75) is 32.6 Å². The molecule has 0 saturated heterocycles. The van der Waals surface area contributed by atoms with Crippen molar-refractivity contribution in [2.24, 2.45) is 0 Å². The van der Waals surface area contributed by atoms with Gasteiger partial charge in [-0.1, -0.05) is 74.4 Å². The predicted octanol–water partition coefficient (Wildman–Crippen LogP) is 6.63. The zero-order valence-corrected chi connectivity index (χ0v) is 15.0. The standard InChI is InChI=1S/C24H22O2/c1-2-3-4-12-24(25)26-23-11-7-10-19-21-14-13-17-8-5-6-9-18(17)20(21)15-16-22(19)23/h5-11,13-16H,2-4,12H2,1H3.